The van der Waals surface area contributed by atoms with Crippen molar-refractivity contribution in [1.29, 1.82) is 0 Å². The van der Waals surface area contributed by atoms with Crippen molar-refractivity contribution in [2.45, 2.75) is 5.92 Å². The number of hydrogen-bond acceptors (Lipinski definition) is 5. The number of halogens is 1. The Labute approximate surface area is 96.6 Å². The van der Waals surface area contributed by atoms with Crippen LogP contribution in [0.25, 0.3) is 0 Å². The standard InChI is InChI=1S/C9H11ClN2O2S/c1-14-8(13)6-3-11-2-5(6)7-4-12-9(10)15-7/h4-6,11H,2-3H2,1H3. The van der Waals surface area contributed by atoms with E-state index in [1.54, 1.807) is 6.20 Å². The van der Waals surface area contributed by atoms with Crippen LogP contribution in [0.2, 0.25) is 4.47 Å². The first-order valence-corrected chi connectivity index (χ1v) is 5.81. The van der Waals surface area contributed by atoms with E-state index in [4.69, 9.17) is 16.3 Å². The molecule has 0 aliphatic carbocycles. The van der Waals surface area contributed by atoms with Gasteiger partial charge < -0.3 is 10.1 Å². The molecule has 0 bridgehead atoms. The van der Waals surface area contributed by atoms with E-state index >= 15 is 0 Å². The smallest absolute Gasteiger partial charge is 0.310 e. The van der Waals surface area contributed by atoms with Crippen molar-refractivity contribution < 1.29 is 9.53 Å². The highest BCUT2D eigenvalue weighted by Gasteiger charge is 2.35. The maximum absolute atomic E-state index is 11.5. The molecule has 1 saturated heterocycles. The van der Waals surface area contributed by atoms with E-state index in [2.05, 4.69) is 10.3 Å². The largest absolute Gasteiger partial charge is 0.469 e. The lowest BCUT2D eigenvalue weighted by Crippen LogP contribution is -2.22. The van der Waals surface area contributed by atoms with Crippen LogP contribution in [0, 0.1) is 5.92 Å². The van der Waals surface area contributed by atoms with Crippen molar-refractivity contribution in [1.82, 2.24) is 10.3 Å². The number of nitrogens with zero attached hydrogens (tertiary/aromatic N) is 1. The third-order valence-electron chi connectivity index (χ3n) is 2.58. The summed E-state index contributed by atoms with van der Waals surface area (Å²) in [5.41, 5.74) is 0. The van der Waals surface area contributed by atoms with Gasteiger partial charge in [0.1, 0.15) is 0 Å². The molecule has 0 radical (unpaired) electrons. The normalized spacial score (nSPS) is 25.5. The third kappa shape index (κ3) is 2.14. The van der Waals surface area contributed by atoms with E-state index in [0.29, 0.717) is 11.0 Å². The highest BCUT2D eigenvalue weighted by molar-refractivity contribution is 7.15. The molecule has 82 valence electrons. The number of aromatic nitrogens is 1. The monoisotopic (exact) mass is 246 g/mol. The first-order valence-electron chi connectivity index (χ1n) is 4.62. The van der Waals surface area contributed by atoms with Crippen molar-refractivity contribution >= 4 is 28.9 Å². The van der Waals surface area contributed by atoms with Gasteiger partial charge in [-0.25, -0.2) is 4.98 Å². The van der Waals surface area contributed by atoms with Gasteiger partial charge in [-0.15, -0.1) is 11.3 Å². The summed E-state index contributed by atoms with van der Waals surface area (Å²) in [4.78, 5) is 16.5. The van der Waals surface area contributed by atoms with Crippen LogP contribution < -0.4 is 5.32 Å². The molecule has 0 saturated carbocycles. The Balaban J connectivity index is 2.18. The summed E-state index contributed by atoms with van der Waals surface area (Å²) in [5, 5.41) is 3.18. The van der Waals surface area contributed by atoms with Gasteiger partial charge in [-0.3, -0.25) is 4.79 Å². The summed E-state index contributed by atoms with van der Waals surface area (Å²) < 4.78 is 5.28. The molecule has 2 unspecified atom stereocenters. The Morgan fingerprint density at radius 3 is 3.13 bits per heavy atom. The predicted molar refractivity (Wildman–Crippen MR) is 58.2 cm³/mol. The molecule has 4 nitrogen and oxygen atoms in total. The molecule has 2 rings (SSSR count). The first-order chi connectivity index (χ1) is 7.22. The Kier molecular flexibility index (Phi) is 3.23. The Hall–Kier alpha value is -0.650. The van der Waals surface area contributed by atoms with Crippen LogP contribution in [0.4, 0.5) is 0 Å². The number of rotatable bonds is 2. The van der Waals surface area contributed by atoms with Crippen LogP contribution in [0.15, 0.2) is 6.20 Å². The number of carbonyl (C=O) groups is 1. The van der Waals surface area contributed by atoms with Crippen LogP contribution in [0.5, 0.6) is 0 Å². The van der Waals surface area contributed by atoms with Gasteiger partial charge in [-0.05, 0) is 0 Å². The molecule has 1 aliphatic heterocycles. The minimum atomic E-state index is -0.172. The number of methoxy groups -OCH3 is 1. The second-order valence-electron chi connectivity index (χ2n) is 3.41. The molecular weight excluding hydrogens is 236 g/mol. The van der Waals surface area contributed by atoms with Crippen LogP contribution in [-0.4, -0.2) is 31.2 Å². The number of carbonyl (C=O) groups excluding carboxylic acids is 1. The molecule has 2 heterocycles. The molecule has 0 aromatic carbocycles. The van der Waals surface area contributed by atoms with Gasteiger partial charge in [0.25, 0.3) is 0 Å². The highest BCUT2D eigenvalue weighted by Crippen LogP contribution is 2.33. The molecule has 1 fully saturated rings. The van der Waals surface area contributed by atoms with Gasteiger partial charge in [0.15, 0.2) is 4.47 Å². The number of thiazole rings is 1. The van der Waals surface area contributed by atoms with E-state index < -0.39 is 0 Å². The zero-order valence-electron chi connectivity index (χ0n) is 8.20. The van der Waals surface area contributed by atoms with E-state index in [0.717, 1.165) is 11.4 Å². The molecule has 2 atom stereocenters. The van der Waals surface area contributed by atoms with Crippen LogP contribution in [0.3, 0.4) is 0 Å². The lowest BCUT2D eigenvalue weighted by molar-refractivity contribution is -0.145. The number of esters is 1. The van der Waals surface area contributed by atoms with Gasteiger partial charge in [0.05, 0.1) is 13.0 Å². The van der Waals surface area contributed by atoms with Crippen LogP contribution in [0.1, 0.15) is 10.8 Å². The molecular formula is C9H11ClN2O2S. The lowest BCUT2D eigenvalue weighted by atomic mass is 9.95. The zero-order chi connectivity index (χ0) is 10.8. The third-order valence-corrected chi connectivity index (χ3v) is 3.83. The Bertz CT molecular complexity index is 369. The second kappa shape index (κ2) is 4.47. The number of nitrogens with one attached hydrogen (secondary N) is 1. The molecule has 1 N–H and O–H groups in total. The molecule has 1 aromatic heterocycles. The molecule has 15 heavy (non-hydrogen) atoms. The van der Waals surface area contributed by atoms with Crippen molar-refractivity contribution in [2.24, 2.45) is 5.92 Å². The maximum Gasteiger partial charge on any atom is 0.310 e. The zero-order valence-corrected chi connectivity index (χ0v) is 9.77. The highest BCUT2D eigenvalue weighted by atomic mass is 35.5. The summed E-state index contributed by atoms with van der Waals surface area (Å²) in [6, 6.07) is 0. The van der Waals surface area contributed by atoms with Crippen LogP contribution >= 0.6 is 22.9 Å². The maximum atomic E-state index is 11.5. The predicted octanol–water partition coefficient (Wildman–Crippen LogP) is 1.27. The second-order valence-corrected chi connectivity index (χ2v) is 5.05. The van der Waals surface area contributed by atoms with Crippen LogP contribution in [-0.2, 0) is 9.53 Å². The lowest BCUT2D eigenvalue weighted by Gasteiger charge is -2.13. The quantitative estimate of drug-likeness (QED) is 0.799. The minimum Gasteiger partial charge on any atom is -0.469 e. The average molecular weight is 247 g/mol. The average Bonchev–Trinajstić information content (AvgIpc) is 2.84. The van der Waals surface area contributed by atoms with Gasteiger partial charge in [-0.2, -0.15) is 0 Å². The van der Waals surface area contributed by atoms with Gasteiger partial charge >= 0.3 is 5.97 Å². The summed E-state index contributed by atoms with van der Waals surface area (Å²) in [5.74, 6) is -0.150. The summed E-state index contributed by atoms with van der Waals surface area (Å²) in [6.45, 7) is 1.44. The van der Waals surface area contributed by atoms with E-state index in [-0.39, 0.29) is 17.8 Å². The molecule has 1 aromatic rings. The van der Waals surface area contributed by atoms with Gasteiger partial charge in [0.2, 0.25) is 0 Å². The van der Waals surface area contributed by atoms with Gasteiger partial charge in [-0.1, -0.05) is 11.6 Å². The molecule has 0 spiro atoms. The molecule has 6 heteroatoms. The Morgan fingerprint density at radius 1 is 1.73 bits per heavy atom. The number of hydrogen-bond donors (Lipinski definition) is 1. The fourth-order valence-corrected chi connectivity index (χ4v) is 2.93. The van der Waals surface area contributed by atoms with E-state index in [9.17, 15) is 4.79 Å². The first kappa shape index (κ1) is 10.9. The summed E-state index contributed by atoms with van der Waals surface area (Å²) in [6.07, 6.45) is 1.74. The van der Waals surface area contributed by atoms with Crippen molar-refractivity contribution in [3.63, 3.8) is 0 Å². The fraction of sp³-hybridized carbons (Fsp3) is 0.556. The van der Waals surface area contributed by atoms with E-state index in [1.807, 2.05) is 0 Å². The van der Waals surface area contributed by atoms with Crippen molar-refractivity contribution in [3.05, 3.63) is 15.5 Å². The van der Waals surface area contributed by atoms with E-state index in [1.165, 1.54) is 18.4 Å². The number of ether oxygens (including phenoxy) is 1. The van der Waals surface area contributed by atoms with Gasteiger partial charge in [0, 0.05) is 30.1 Å². The molecule has 0 amide bonds. The fourth-order valence-electron chi connectivity index (χ4n) is 1.81. The minimum absolute atomic E-state index is 0.119. The SMILES string of the molecule is COC(=O)C1CNCC1c1cnc(Cl)s1. The summed E-state index contributed by atoms with van der Waals surface area (Å²) >= 11 is 7.19. The summed E-state index contributed by atoms with van der Waals surface area (Å²) in [7, 11) is 1.41. The van der Waals surface area contributed by atoms with Crippen molar-refractivity contribution in [3.8, 4) is 0 Å². The van der Waals surface area contributed by atoms with Crippen molar-refractivity contribution in [2.75, 3.05) is 20.2 Å². The molecule has 1 aliphatic rings. The Morgan fingerprint density at radius 2 is 2.53 bits per heavy atom. The topological polar surface area (TPSA) is 51.2 Å².